The standard InChI is InChI=1S/C20H26N4O2S/c1-2-3-9-17(23-20(26)18-13-27-14-21-18)19(25)22-15-7-6-8-16(12-15)24-10-4-5-11-24/h6-8,12-14,17H,2-5,9-11H2,1H3,(H,22,25)(H,23,26). The highest BCUT2D eigenvalue weighted by molar-refractivity contribution is 7.07. The minimum Gasteiger partial charge on any atom is -0.371 e. The number of carbonyl (C=O) groups is 2. The predicted octanol–water partition coefficient (Wildman–Crippen LogP) is 3.67. The van der Waals surface area contributed by atoms with Crippen molar-refractivity contribution < 1.29 is 9.59 Å². The maximum atomic E-state index is 12.8. The summed E-state index contributed by atoms with van der Waals surface area (Å²) in [7, 11) is 0. The smallest absolute Gasteiger partial charge is 0.271 e. The Morgan fingerprint density at radius 2 is 2.11 bits per heavy atom. The van der Waals surface area contributed by atoms with Crippen molar-refractivity contribution in [1.29, 1.82) is 0 Å². The highest BCUT2D eigenvalue weighted by atomic mass is 32.1. The second-order valence-electron chi connectivity index (χ2n) is 6.78. The van der Waals surface area contributed by atoms with Gasteiger partial charge in [0.05, 0.1) is 5.51 Å². The third-order valence-electron chi connectivity index (χ3n) is 4.72. The summed E-state index contributed by atoms with van der Waals surface area (Å²) in [6.07, 6.45) is 4.84. The van der Waals surface area contributed by atoms with Gasteiger partial charge >= 0.3 is 0 Å². The molecule has 0 saturated carbocycles. The van der Waals surface area contributed by atoms with Crippen molar-refractivity contribution in [1.82, 2.24) is 10.3 Å². The molecule has 0 bridgehead atoms. The SMILES string of the molecule is CCCCC(NC(=O)c1cscn1)C(=O)Nc1cccc(N2CCCC2)c1. The quantitative estimate of drug-likeness (QED) is 0.726. The van der Waals surface area contributed by atoms with Crippen molar-refractivity contribution in [2.45, 2.75) is 45.1 Å². The molecule has 3 rings (SSSR count). The topological polar surface area (TPSA) is 74.3 Å². The molecule has 0 spiro atoms. The van der Waals surface area contributed by atoms with Gasteiger partial charge < -0.3 is 15.5 Å². The molecule has 6 nitrogen and oxygen atoms in total. The number of hydrogen-bond donors (Lipinski definition) is 2. The Balaban J connectivity index is 1.66. The molecule has 1 aromatic carbocycles. The largest absolute Gasteiger partial charge is 0.371 e. The van der Waals surface area contributed by atoms with Gasteiger partial charge in [-0.05, 0) is 37.5 Å². The summed E-state index contributed by atoms with van der Waals surface area (Å²) >= 11 is 1.36. The van der Waals surface area contributed by atoms with Gasteiger partial charge in [-0.25, -0.2) is 4.98 Å². The minimum atomic E-state index is -0.574. The van der Waals surface area contributed by atoms with Crippen LogP contribution in [0.15, 0.2) is 35.2 Å². The summed E-state index contributed by atoms with van der Waals surface area (Å²) in [5.74, 6) is -0.496. The minimum absolute atomic E-state index is 0.189. The second-order valence-corrected chi connectivity index (χ2v) is 7.49. The van der Waals surface area contributed by atoms with E-state index in [9.17, 15) is 9.59 Å². The van der Waals surface area contributed by atoms with Gasteiger partial charge in [-0.2, -0.15) is 0 Å². The van der Waals surface area contributed by atoms with Gasteiger partial charge in [-0.15, -0.1) is 11.3 Å². The molecule has 2 amide bonds. The van der Waals surface area contributed by atoms with E-state index >= 15 is 0 Å². The average molecular weight is 387 g/mol. The molecule has 144 valence electrons. The predicted molar refractivity (Wildman–Crippen MR) is 109 cm³/mol. The fourth-order valence-corrected chi connectivity index (χ4v) is 3.75. The number of nitrogens with one attached hydrogen (secondary N) is 2. The Hall–Kier alpha value is -2.41. The van der Waals surface area contributed by atoms with Crippen LogP contribution in [0.3, 0.4) is 0 Å². The third-order valence-corrected chi connectivity index (χ3v) is 5.30. The first-order valence-electron chi connectivity index (χ1n) is 9.52. The zero-order chi connectivity index (χ0) is 19.1. The van der Waals surface area contributed by atoms with Gasteiger partial charge in [0.25, 0.3) is 5.91 Å². The lowest BCUT2D eigenvalue weighted by molar-refractivity contribution is -0.118. The van der Waals surface area contributed by atoms with Gasteiger partial charge in [0.15, 0.2) is 0 Å². The van der Waals surface area contributed by atoms with Crippen LogP contribution in [0.5, 0.6) is 0 Å². The van der Waals surface area contributed by atoms with Crippen LogP contribution in [0.25, 0.3) is 0 Å². The van der Waals surface area contributed by atoms with Crippen LogP contribution in [0.1, 0.15) is 49.5 Å². The first-order valence-corrected chi connectivity index (χ1v) is 10.5. The number of benzene rings is 1. The lowest BCUT2D eigenvalue weighted by Gasteiger charge is -2.20. The molecular formula is C20H26N4O2S. The fraction of sp³-hybridized carbons (Fsp3) is 0.450. The number of carbonyl (C=O) groups excluding carboxylic acids is 2. The Labute approximate surface area is 164 Å². The highest BCUT2D eigenvalue weighted by Crippen LogP contribution is 2.23. The molecule has 2 N–H and O–H groups in total. The van der Waals surface area contributed by atoms with Gasteiger partial charge in [-0.1, -0.05) is 25.8 Å². The van der Waals surface area contributed by atoms with E-state index < -0.39 is 6.04 Å². The Kier molecular flexibility index (Phi) is 6.81. The summed E-state index contributed by atoms with van der Waals surface area (Å²) in [5, 5.41) is 7.48. The van der Waals surface area contributed by atoms with Gasteiger partial charge in [0.1, 0.15) is 11.7 Å². The molecule has 0 aliphatic carbocycles. The molecule has 0 radical (unpaired) electrons. The molecule has 1 saturated heterocycles. The van der Waals surface area contributed by atoms with Crippen LogP contribution in [-0.4, -0.2) is 35.9 Å². The molecular weight excluding hydrogens is 360 g/mol. The Bertz CT molecular complexity index is 757. The zero-order valence-electron chi connectivity index (χ0n) is 15.6. The molecule has 2 aromatic rings. The fourth-order valence-electron chi connectivity index (χ4n) is 3.22. The summed E-state index contributed by atoms with van der Waals surface area (Å²) in [4.78, 5) is 31.5. The maximum absolute atomic E-state index is 12.8. The van der Waals surface area contributed by atoms with Crippen molar-refractivity contribution in [3.05, 3.63) is 40.8 Å². The van der Waals surface area contributed by atoms with Gasteiger partial charge in [-0.3, -0.25) is 9.59 Å². The highest BCUT2D eigenvalue weighted by Gasteiger charge is 2.22. The van der Waals surface area contributed by atoms with Crippen LogP contribution in [0, 0.1) is 0 Å². The molecule has 1 atom stereocenters. The zero-order valence-corrected chi connectivity index (χ0v) is 16.4. The Morgan fingerprint density at radius 1 is 1.30 bits per heavy atom. The second kappa shape index (κ2) is 9.50. The van der Waals surface area contributed by atoms with E-state index in [2.05, 4.69) is 33.5 Å². The van der Waals surface area contributed by atoms with Crippen molar-refractivity contribution in [2.75, 3.05) is 23.3 Å². The molecule has 7 heteroatoms. The van der Waals surface area contributed by atoms with Crippen molar-refractivity contribution in [2.24, 2.45) is 0 Å². The van der Waals surface area contributed by atoms with Gasteiger partial charge in [0, 0.05) is 29.8 Å². The number of rotatable bonds is 8. The number of nitrogens with zero attached hydrogens (tertiary/aromatic N) is 2. The lowest BCUT2D eigenvalue weighted by Crippen LogP contribution is -2.43. The lowest BCUT2D eigenvalue weighted by atomic mass is 10.1. The van der Waals surface area contributed by atoms with E-state index in [-0.39, 0.29) is 11.8 Å². The van der Waals surface area contributed by atoms with Crippen LogP contribution in [0.2, 0.25) is 0 Å². The molecule has 27 heavy (non-hydrogen) atoms. The molecule has 1 aromatic heterocycles. The Morgan fingerprint density at radius 3 is 2.81 bits per heavy atom. The number of thiazole rings is 1. The number of anilines is 2. The van der Waals surface area contributed by atoms with E-state index in [0.29, 0.717) is 12.1 Å². The van der Waals surface area contributed by atoms with Crippen molar-refractivity contribution in [3.63, 3.8) is 0 Å². The molecule has 2 heterocycles. The van der Waals surface area contributed by atoms with E-state index in [4.69, 9.17) is 0 Å². The average Bonchev–Trinajstić information content (AvgIpc) is 3.39. The number of amides is 2. The number of hydrogen-bond acceptors (Lipinski definition) is 5. The summed E-state index contributed by atoms with van der Waals surface area (Å²) in [6, 6.07) is 7.34. The molecule has 1 aliphatic heterocycles. The number of aromatic nitrogens is 1. The monoisotopic (exact) mass is 386 g/mol. The first kappa shape index (κ1) is 19.4. The first-order chi connectivity index (χ1) is 13.2. The molecule has 1 unspecified atom stereocenters. The van der Waals surface area contributed by atoms with Crippen molar-refractivity contribution in [3.8, 4) is 0 Å². The molecule has 1 fully saturated rings. The summed E-state index contributed by atoms with van der Waals surface area (Å²) in [5.41, 5.74) is 3.85. The van der Waals surface area contributed by atoms with Crippen LogP contribution in [-0.2, 0) is 4.79 Å². The van der Waals surface area contributed by atoms with Crippen LogP contribution >= 0.6 is 11.3 Å². The van der Waals surface area contributed by atoms with E-state index in [1.807, 2.05) is 18.2 Å². The van der Waals surface area contributed by atoms with Crippen LogP contribution < -0.4 is 15.5 Å². The van der Waals surface area contributed by atoms with Crippen molar-refractivity contribution >= 4 is 34.5 Å². The van der Waals surface area contributed by atoms with E-state index in [1.165, 1.54) is 24.2 Å². The van der Waals surface area contributed by atoms with E-state index in [0.717, 1.165) is 37.3 Å². The summed E-state index contributed by atoms with van der Waals surface area (Å²) < 4.78 is 0. The van der Waals surface area contributed by atoms with Crippen LogP contribution in [0.4, 0.5) is 11.4 Å². The number of unbranched alkanes of at least 4 members (excludes halogenated alkanes) is 1. The third kappa shape index (κ3) is 5.29. The maximum Gasteiger partial charge on any atom is 0.271 e. The normalized spacial score (nSPS) is 14.8. The van der Waals surface area contributed by atoms with E-state index in [1.54, 1.807) is 10.9 Å². The molecule has 1 aliphatic rings. The summed E-state index contributed by atoms with van der Waals surface area (Å²) in [6.45, 7) is 4.18. The van der Waals surface area contributed by atoms with Gasteiger partial charge in [0.2, 0.25) is 5.91 Å².